The molecule has 0 aliphatic rings. The maximum absolute atomic E-state index is 5.66. The molecule has 0 saturated carbocycles. The monoisotopic (exact) mass is 255 g/mol. The van der Waals surface area contributed by atoms with Crippen LogP contribution in [0.3, 0.4) is 0 Å². The zero-order chi connectivity index (χ0) is 13.7. The van der Waals surface area contributed by atoms with Gasteiger partial charge in [-0.1, -0.05) is 35.9 Å². The van der Waals surface area contributed by atoms with Gasteiger partial charge in [0.2, 0.25) is 0 Å². The average molecular weight is 255 g/mol. The molecule has 0 aliphatic carbocycles. The molecule has 19 heavy (non-hydrogen) atoms. The van der Waals surface area contributed by atoms with Crippen LogP contribution in [0.5, 0.6) is 0 Å². The van der Waals surface area contributed by atoms with E-state index < -0.39 is 0 Å². The van der Waals surface area contributed by atoms with Gasteiger partial charge in [0.15, 0.2) is 0 Å². The smallest absolute Gasteiger partial charge is 0.0478 e. The highest BCUT2D eigenvalue weighted by molar-refractivity contribution is 5.23. The largest absolute Gasteiger partial charge is 0.271 e. The minimum atomic E-state index is 0.147. The second-order valence-electron chi connectivity index (χ2n) is 4.98. The second kappa shape index (κ2) is 6.45. The lowest BCUT2D eigenvalue weighted by molar-refractivity contribution is 0.515. The number of nitrogens with two attached hydrogens (primary N) is 1. The number of hydrogen-bond donors (Lipinski definition) is 2. The maximum Gasteiger partial charge on any atom is 0.0478 e. The summed E-state index contributed by atoms with van der Waals surface area (Å²) in [5.41, 5.74) is 7.69. The molecule has 1 heterocycles. The van der Waals surface area contributed by atoms with Crippen LogP contribution in [0.4, 0.5) is 0 Å². The van der Waals surface area contributed by atoms with Crippen LogP contribution < -0.4 is 11.3 Å². The Morgan fingerprint density at radius 1 is 1.21 bits per heavy atom. The van der Waals surface area contributed by atoms with Crippen molar-refractivity contribution in [1.29, 1.82) is 0 Å². The van der Waals surface area contributed by atoms with Crippen molar-refractivity contribution >= 4 is 0 Å². The number of nitrogens with one attached hydrogen (secondary N) is 1. The molecule has 2 aromatic rings. The van der Waals surface area contributed by atoms with Gasteiger partial charge in [-0.15, -0.1) is 0 Å². The molecule has 0 aliphatic heterocycles. The van der Waals surface area contributed by atoms with E-state index >= 15 is 0 Å². The molecule has 0 spiro atoms. The molecule has 3 heteroatoms. The Morgan fingerprint density at radius 3 is 2.68 bits per heavy atom. The Bertz CT molecular complexity index is 520. The summed E-state index contributed by atoms with van der Waals surface area (Å²) < 4.78 is 0. The van der Waals surface area contributed by atoms with Crippen LogP contribution in [0.25, 0.3) is 0 Å². The van der Waals surface area contributed by atoms with Gasteiger partial charge in [0, 0.05) is 17.9 Å². The standard InChI is InChI=1S/C16H21N3/c1-12-4-3-5-14(10-12)7-9-16(19-17)15-8-6-13(2)18-11-15/h3-6,8,10-11,16,19H,7,9,17H2,1-2H3. The summed E-state index contributed by atoms with van der Waals surface area (Å²) in [5, 5.41) is 0. The summed E-state index contributed by atoms with van der Waals surface area (Å²) >= 11 is 0. The van der Waals surface area contributed by atoms with E-state index in [2.05, 4.69) is 47.7 Å². The van der Waals surface area contributed by atoms with Gasteiger partial charge < -0.3 is 0 Å². The lowest BCUT2D eigenvalue weighted by Crippen LogP contribution is -2.28. The highest BCUT2D eigenvalue weighted by atomic mass is 15.2. The first-order valence-corrected chi connectivity index (χ1v) is 6.63. The van der Waals surface area contributed by atoms with E-state index in [0.717, 1.165) is 24.1 Å². The molecule has 2 rings (SSSR count). The number of rotatable bonds is 5. The zero-order valence-electron chi connectivity index (χ0n) is 11.6. The summed E-state index contributed by atoms with van der Waals surface area (Å²) in [6, 6.07) is 12.9. The van der Waals surface area contributed by atoms with Crippen LogP contribution in [-0.4, -0.2) is 4.98 Å². The normalized spacial score (nSPS) is 12.4. The maximum atomic E-state index is 5.66. The molecule has 100 valence electrons. The van der Waals surface area contributed by atoms with Crippen LogP contribution in [-0.2, 0) is 6.42 Å². The van der Waals surface area contributed by atoms with Gasteiger partial charge in [0.1, 0.15) is 0 Å². The minimum Gasteiger partial charge on any atom is -0.271 e. The molecule has 1 aromatic carbocycles. The fraction of sp³-hybridized carbons (Fsp3) is 0.312. The van der Waals surface area contributed by atoms with Crippen LogP contribution in [0.15, 0.2) is 42.6 Å². The van der Waals surface area contributed by atoms with E-state index in [0.29, 0.717) is 0 Å². The molecule has 0 fully saturated rings. The van der Waals surface area contributed by atoms with Gasteiger partial charge in [-0.3, -0.25) is 16.3 Å². The fourth-order valence-electron chi connectivity index (χ4n) is 2.21. The fourth-order valence-corrected chi connectivity index (χ4v) is 2.21. The number of benzene rings is 1. The van der Waals surface area contributed by atoms with Gasteiger partial charge in [-0.25, -0.2) is 0 Å². The van der Waals surface area contributed by atoms with E-state index in [-0.39, 0.29) is 6.04 Å². The number of pyridine rings is 1. The topological polar surface area (TPSA) is 50.9 Å². The van der Waals surface area contributed by atoms with Crippen LogP contribution in [0.1, 0.15) is 34.8 Å². The Hall–Kier alpha value is -1.71. The van der Waals surface area contributed by atoms with E-state index in [4.69, 9.17) is 5.84 Å². The zero-order valence-corrected chi connectivity index (χ0v) is 11.6. The molecular formula is C16H21N3. The third kappa shape index (κ3) is 3.88. The van der Waals surface area contributed by atoms with Gasteiger partial charge in [-0.05, 0) is 43.9 Å². The van der Waals surface area contributed by atoms with E-state index in [9.17, 15) is 0 Å². The molecule has 1 unspecified atom stereocenters. The van der Waals surface area contributed by atoms with Crippen molar-refractivity contribution in [3.8, 4) is 0 Å². The van der Waals surface area contributed by atoms with Crippen molar-refractivity contribution in [2.24, 2.45) is 5.84 Å². The predicted octanol–water partition coefficient (Wildman–Crippen LogP) is 2.84. The van der Waals surface area contributed by atoms with Crippen molar-refractivity contribution in [3.05, 3.63) is 65.0 Å². The summed E-state index contributed by atoms with van der Waals surface area (Å²) in [6.07, 6.45) is 3.87. The van der Waals surface area contributed by atoms with Crippen molar-refractivity contribution in [2.75, 3.05) is 0 Å². The number of hydrogen-bond acceptors (Lipinski definition) is 3. The molecule has 1 atom stereocenters. The van der Waals surface area contributed by atoms with Crippen LogP contribution in [0, 0.1) is 13.8 Å². The van der Waals surface area contributed by atoms with Crippen molar-refractivity contribution < 1.29 is 0 Å². The summed E-state index contributed by atoms with van der Waals surface area (Å²) in [7, 11) is 0. The third-order valence-corrected chi connectivity index (χ3v) is 3.34. The SMILES string of the molecule is Cc1cccc(CCC(NN)c2ccc(C)nc2)c1. The number of aromatic nitrogens is 1. The van der Waals surface area contributed by atoms with Crippen molar-refractivity contribution in [1.82, 2.24) is 10.4 Å². The second-order valence-corrected chi connectivity index (χ2v) is 4.98. The van der Waals surface area contributed by atoms with Crippen LogP contribution >= 0.6 is 0 Å². The quantitative estimate of drug-likeness (QED) is 0.638. The molecule has 0 amide bonds. The Morgan fingerprint density at radius 2 is 2.05 bits per heavy atom. The number of hydrazine groups is 1. The molecule has 0 radical (unpaired) electrons. The molecule has 3 N–H and O–H groups in total. The Labute approximate surface area is 114 Å². The minimum absolute atomic E-state index is 0.147. The van der Waals surface area contributed by atoms with E-state index in [1.54, 1.807) is 0 Å². The predicted molar refractivity (Wildman–Crippen MR) is 78.5 cm³/mol. The summed E-state index contributed by atoms with van der Waals surface area (Å²) in [5.74, 6) is 5.66. The van der Waals surface area contributed by atoms with E-state index in [1.165, 1.54) is 11.1 Å². The van der Waals surface area contributed by atoms with Gasteiger partial charge in [0.05, 0.1) is 0 Å². The molecule has 1 aromatic heterocycles. The first-order valence-electron chi connectivity index (χ1n) is 6.63. The Kier molecular flexibility index (Phi) is 4.66. The van der Waals surface area contributed by atoms with Gasteiger partial charge in [0.25, 0.3) is 0 Å². The number of aryl methyl sites for hydroxylation is 3. The Balaban J connectivity index is 2.01. The van der Waals surface area contributed by atoms with Crippen LogP contribution in [0.2, 0.25) is 0 Å². The molecular weight excluding hydrogens is 234 g/mol. The summed E-state index contributed by atoms with van der Waals surface area (Å²) in [4.78, 5) is 4.32. The van der Waals surface area contributed by atoms with E-state index in [1.807, 2.05) is 19.2 Å². The van der Waals surface area contributed by atoms with Crippen molar-refractivity contribution in [2.45, 2.75) is 32.7 Å². The number of nitrogens with zero attached hydrogens (tertiary/aromatic N) is 1. The van der Waals surface area contributed by atoms with Crippen molar-refractivity contribution in [3.63, 3.8) is 0 Å². The van der Waals surface area contributed by atoms with Gasteiger partial charge in [-0.2, -0.15) is 0 Å². The highest BCUT2D eigenvalue weighted by Crippen LogP contribution is 2.18. The van der Waals surface area contributed by atoms with Gasteiger partial charge >= 0.3 is 0 Å². The molecule has 0 bridgehead atoms. The molecule has 0 saturated heterocycles. The lowest BCUT2D eigenvalue weighted by atomic mass is 9.99. The average Bonchev–Trinajstić information content (AvgIpc) is 2.41. The first-order chi connectivity index (χ1) is 9.19. The molecule has 3 nitrogen and oxygen atoms in total. The third-order valence-electron chi connectivity index (χ3n) is 3.34. The highest BCUT2D eigenvalue weighted by Gasteiger charge is 2.10. The lowest BCUT2D eigenvalue weighted by Gasteiger charge is -2.16. The first kappa shape index (κ1) is 13.7. The summed E-state index contributed by atoms with van der Waals surface area (Å²) in [6.45, 7) is 4.10.